The highest BCUT2D eigenvalue weighted by Gasteiger charge is 2.10. The van der Waals surface area contributed by atoms with Gasteiger partial charge in [0.1, 0.15) is 6.67 Å². The van der Waals surface area contributed by atoms with Crippen molar-refractivity contribution in [2.75, 3.05) is 0 Å². The van der Waals surface area contributed by atoms with Gasteiger partial charge in [-0.2, -0.15) is 0 Å². The van der Waals surface area contributed by atoms with Crippen LogP contribution in [0.15, 0.2) is 24.3 Å². The van der Waals surface area contributed by atoms with Crippen LogP contribution in [-0.2, 0) is 6.67 Å². The van der Waals surface area contributed by atoms with Crippen LogP contribution in [0, 0.1) is 0 Å². The molecule has 78 valence electrons. The van der Waals surface area contributed by atoms with Gasteiger partial charge in [0.15, 0.2) is 5.78 Å². The second kappa shape index (κ2) is 5.73. The van der Waals surface area contributed by atoms with Crippen molar-refractivity contribution in [2.24, 2.45) is 5.73 Å². The van der Waals surface area contributed by atoms with Crippen LogP contribution >= 0.6 is 12.4 Å². The maximum Gasteiger partial charge on any atom is 0.179 e. The van der Waals surface area contributed by atoms with Crippen molar-refractivity contribution < 1.29 is 9.18 Å². The van der Waals surface area contributed by atoms with E-state index in [0.717, 1.165) is 0 Å². The van der Waals surface area contributed by atoms with Gasteiger partial charge in [0.05, 0.1) is 6.04 Å². The molecule has 2 N–H and O–H groups in total. The Morgan fingerprint density at radius 3 is 2.71 bits per heavy atom. The van der Waals surface area contributed by atoms with Crippen molar-refractivity contribution in [3.8, 4) is 0 Å². The molecule has 1 aromatic carbocycles. The number of carbonyl (C=O) groups is 1. The van der Waals surface area contributed by atoms with Gasteiger partial charge in [0.2, 0.25) is 0 Å². The first-order valence-corrected chi connectivity index (χ1v) is 4.10. The zero-order valence-electron chi connectivity index (χ0n) is 7.87. The van der Waals surface area contributed by atoms with Gasteiger partial charge in [-0.05, 0) is 18.6 Å². The van der Waals surface area contributed by atoms with E-state index in [4.69, 9.17) is 5.73 Å². The molecule has 0 aliphatic carbocycles. The van der Waals surface area contributed by atoms with Crippen molar-refractivity contribution in [3.05, 3.63) is 35.4 Å². The molecule has 1 aromatic rings. The van der Waals surface area contributed by atoms with Crippen LogP contribution in [0.1, 0.15) is 22.8 Å². The summed E-state index contributed by atoms with van der Waals surface area (Å²) in [4.78, 5) is 11.4. The lowest BCUT2D eigenvalue weighted by atomic mass is 10.0. The minimum atomic E-state index is -0.555. The Hall–Kier alpha value is -0.930. The van der Waals surface area contributed by atoms with Gasteiger partial charge in [-0.15, -0.1) is 12.4 Å². The summed E-state index contributed by atoms with van der Waals surface area (Å²) in [6.45, 7) is 1.06. The summed E-state index contributed by atoms with van der Waals surface area (Å²) in [5.74, 6) is -0.157. The lowest BCUT2D eigenvalue weighted by Crippen LogP contribution is -2.26. The summed E-state index contributed by atoms with van der Waals surface area (Å²) < 4.78 is 12.2. The largest absolute Gasteiger partial charge is 0.321 e. The zero-order chi connectivity index (χ0) is 9.84. The van der Waals surface area contributed by atoms with E-state index in [0.29, 0.717) is 11.1 Å². The van der Waals surface area contributed by atoms with Gasteiger partial charge in [-0.25, -0.2) is 4.39 Å². The average Bonchev–Trinajstić information content (AvgIpc) is 2.16. The van der Waals surface area contributed by atoms with Crippen LogP contribution in [0.3, 0.4) is 0 Å². The lowest BCUT2D eigenvalue weighted by molar-refractivity contribution is 0.0968. The predicted molar refractivity (Wildman–Crippen MR) is 56.5 cm³/mol. The summed E-state index contributed by atoms with van der Waals surface area (Å²) >= 11 is 0. The molecule has 14 heavy (non-hydrogen) atoms. The number of nitrogens with two attached hydrogens (primary N) is 1. The molecule has 4 heteroatoms. The summed E-state index contributed by atoms with van der Waals surface area (Å²) in [6, 6.07) is 5.94. The van der Waals surface area contributed by atoms with Gasteiger partial charge in [0, 0.05) is 5.56 Å². The second-order valence-electron chi connectivity index (χ2n) is 2.99. The molecule has 0 aliphatic rings. The molecule has 0 amide bonds. The molecular weight excluding hydrogens is 205 g/mol. The maximum absolute atomic E-state index is 12.2. The summed E-state index contributed by atoms with van der Waals surface area (Å²) in [7, 11) is 0. The first kappa shape index (κ1) is 13.1. The number of alkyl halides is 1. The van der Waals surface area contributed by atoms with Crippen LogP contribution in [0.2, 0.25) is 0 Å². The first-order chi connectivity index (χ1) is 6.15. The van der Waals surface area contributed by atoms with E-state index in [1.54, 1.807) is 25.1 Å². The molecular formula is C10H13ClFNO. The molecule has 0 saturated heterocycles. The van der Waals surface area contributed by atoms with Gasteiger partial charge in [0.25, 0.3) is 0 Å². The molecule has 0 fully saturated rings. The quantitative estimate of drug-likeness (QED) is 0.788. The Kier molecular flexibility index (Phi) is 5.35. The van der Waals surface area contributed by atoms with Crippen molar-refractivity contribution in [1.29, 1.82) is 0 Å². The molecule has 0 saturated carbocycles. The topological polar surface area (TPSA) is 43.1 Å². The van der Waals surface area contributed by atoms with Gasteiger partial charge < -0.3 is 5.73 Å². The Balaban J connectivity index is 0.00000169. The number of halogens is 2. The molecule has 1 rings (SSSR count). The normalized spacial score (nSPS) is 11.6. The Labute approximate surface area is 88.7 Å². The number of hydrogen-bond donors (Lipinski definition) is 1. The number of carbonyl (C=O) groups excluding carboxylic acids is 1. The van der Waals surface area contributed by atoms with E-state index in [1.165, 1.54) is 6.07 Å². The average molecular weight is 218 g/mol. The van der Waals surface area contributed by atoms with E-state index in [9.17, 15) is 9.18 Å². The number of rotatable bonds is 3. The third kappa shape index (κ3) is 3.09. The number of hydrogen-bond acceptors (Lipinski definition) is 2. The summed E-state index contributed by atoms with van der Waals surface area (Å²) in [5, 5.41) is 0. The molecule has 0 aliphatic heterocycles. The smallest absolute Gasteiger partial charge is 0.179 e. The van der Waals surface area contributed by atoms with E-state index >= 15 is 0 Å². The molecule has 1 atom stereocenters. The minimum absolute atomic E-state index is 0. The van der Waals surface area contributed by atoms with Gasteiger partial charge in [-0.3, -0.25) is 4.79 Å². The Morgan fingerprint density at radius 1 is 1.57 bits per heavy atom. The SMILES string of the molecule is C[C@H](N)C(=O)c1cccc(CF)c1.Cl. The van der Waals surface area contributed by atoms with Crippen LogP contribution in [-0.4, -0.2) is 11.8 Å². The maximum atomic E-state index is 12.2. The van der Waals surface area contributed by atoms with Crippen molar-refractivity contribution in [1.82, 2.24) is 0 Å². The van der Waals surface area contributed by atoms with Gasteiger partial charge in [-0.1, -0.05) is 18.2 Å². The molecule has 2 nitrogen and oxygen atoms in total. The highest BCUT2D eigenvalue weighted by molar-refractivity contribution is 5.99. The van der Waals surface area contributed by atoms with E-state index in [-0.39, 0.29) is 18.2 Å². The summed E-state index contributed by atoms with van der Waals surface area (Å²) in [5.41, 5.74) is 6.40. The third-order valence-corrected chi connectivity index (χ3v) is 1.78. The second-order valence-corrected chi connectivity index (χ2v) is 2.99. The number of ketones is 1. The third-order valence-electron chi connectivity index (χ3n) is 1.78. The van der Waals surface area contributed by atoms with Crippen LogP contribution in [0.25, 0.3) is 0 Å². The fourth-order valence-corrected chi connectivity index (χ4v) is 1.07. The lowest BCUT2D eigenvalue weighted by Gasteiger charge is -2.04. The van der Waals surface area contributed by atoms with Crippen molar-refractivity contribution in [3.63, 3.8) is 0 Å². The van der Waals surface area contributed by atoms with Gasteiger partial charge >= 0.3 is 0 Å². The molecule has 0 aromatic heterocycles. The fourth-order valence-electron chi connectivity index (χ4n) is 1.07. The molecule has 0 heterocycles. The standard InChI is InChI=1S/C10H12FNO.ClH/c1-7(12)10(13)9-4-2-3-8(5-9)6-11;/h2-5,7H,6,12H2,1H3;1H/t7-;/m0./s1. The predicted octanol–water partition coefficient (Wildman–Crippen LogP) is 2.11. The first-order valence-electron chi connectivity index (χ1n) is 4.10. The molecule has 0 bridgehead atoms. The van der Waals surface area contributed by atoms with E-state index < -0.39 is 12.7 Å². The highest BCUT2D eigenvalue weighted by atomic mass is 35.5. The van der Waals surface area contributed by atoms with Crippen molar-refractivity contribution in [2.45, 2.75) is 19.6 Å². The molecule has 0 unspecified atom stereocenters. The monoisotopic (exact) mass is 217 g/mol. The minimum Gasteiger partial charge on any atom is -0.321 e. The van der Waals surface area contributed by atoms with Crippen LogP contribution in [0.4, 0.5) is 4.39 Å². The van der Waals surface area contributed by atoms with E-state index in [1.807, 2.05) is 0 Å². The Bertz CT molecular complexity index is 315. The van der Waals surface area contributed by atoms with Crippen LogP contribution < -0.4 is 5.73 Å². The van der Waals surface area contributed by atoms with Crippen molar-refractivity contribution >= 4 is 18.2 Å². The zero-order valence-corrected chi connectivity index (χ0v) is 8.68. The summed E-state index contributed by atoms with van der Waals surface area (Å²) in [6.07, 6.45) is 0. The number of benzene rings is 1. The van der Waals surface area contributed by atoms with Crippen LogP contribution in [0.5, 0.6) is 0 Å². The van der Waals surface area contributed by atoms with E-state index in [2.05, 4.69) is 0 Å². The Morgan fingerprint density at radius 2 is 2.21 bits per heavy atom. The fraction of sp³-hybridized carbons (Fsp3) is 0.300. The number of Topliss-reactive ketones (excluding diaryl/α,β-unsaturated/α-hetero) is 1. The highest BCUT2D eigenvalue weighted by Crippen LogP contribution is 2.08. The molecule has 0 radical (unpaired) electrons. The molecule has 0 spiro atoms.